The summed E-state index contributed by atoms with van der Waals surface area (Å²) in [5.74, 6) is 2.94. The van der Waals surface area contributed by atoms with E-state index in [2.05, 4.69) is 17.1 Å². The van der Waals surface area contributed by atoms with Crippen LogP contribution in [-0.2, 0) is 25.5 Å². The molecule has 0 unspecified atom stereocenters. The van der Waals surface area contributed by atoms with Gasteiger partial charge in [0.2, 0.25) is 5.95 Å². The number of pyridine rings is 1. The molecule has 10 heteroatoms. The van der Waals surface area contributed by atoms with Crippen LogP contribution in [0.15, 0.2) is 89.9 Å². The van der Waals surface area contributed by atoms with E-state index in [0.29, 0.717) is 54.6 Å². The Balaban J connectivity index is 1.60. The summed E-state index contributed by atoms with van der Waals surface area (Å²) in [4.78, 5) is 26.2. The molecular weight excluding hydrogens is 614 g/mol. The molecule has 0 aliphatic carbocycles. The molecule has 2 N–H and O–H groups in total. The second kappa shape index (κ2) is 16.3. The zero-order chi connectivity index (χ0) is 33.2. The van der Waals surface area contributed by atoms with Gasteiger partial charge in [0.05, 0.1) is 26.3 Å². The van der Waals surface area contributed by atoms with Crippen molar-refractivity contribution in [3.8, 4) is 11.5 Å². The van der Waals surface area contributed by atoms with Crippen molar-refractivity contribution in [3.63, 3.8) is 0 Å². The maximum Gasteiger partial charge on any atom is 0.264 e. The highest BCUT2D eigenvalue weighted by molar-refractivity contribution is 6.17. The standard InChI is InChI=1S/C37H42ClN5O4/c1-4-5-30(19-21-44)39-35-34-33(18-20-42(36(34)45)23-27-8-6-26(22-38)7-9-27)40-37(41-35)43(24-28-10-14-31(46-2)15-11-28)25-29-12-16-32(47-3)17-13-29/h6-18,20,30,44H,4-5,19,21-25H2,1-3H3,(H,39,40,41)/t30-/m0/s1. The average Bonchev–Trinajstić information content (AvgIpc) is 3.10. The number of hydrogen-bond acceptors (Lipinski definition) is 8. The van der Waals surface area contributed by atoms with Crippen molar-refractivity contribution in [2.24, 2.45) is 0 Å². The van der Waals surface area contributed by atoms with Crippen LogP contribution < -0.4 is 25.2 Å². The molecule has 0 bridgehead atoms. The molecule has 0 fully saturated rings. The first-order valence-electron chi connectivity index (χ1n) is 15.9. The number of halogens is 1. The van der Waals surface area contributed by atoms with Gasteiger partial charge < -0.3 is 29.4 Å². The van der Waals surface area contributed by atoms with E-state index in [1.807, 2.05) is 78.9 Å². The zero-order valence-electron chi connectivity index (χ0n) is 27.2. The summed E-state index contributed by atoms with van der Waals surface area (Å²) in [6.45, 7) is 3.56. The lowest BCUT2D eigenvalue weighted by atomic mass is 10.1. The lowest BCUT2D eigenvalue weighted by Gasteiger charge is -2.25. The van der Waals surface area contributed by atoms with Crippen LogP contribution in [0, 0.1) is 0 Å². The molecule has 9 nitrogen and oxygen atoms in total. The molecule has 5 aromatic rings. The molecule has 0 amide bonds. The Hall–Kier alpha value is -4.60. The average molecular weight is 656 g/mol. The number of ether oxygens (including phenoxy) is 2. The molecule has 0 radical (unpaired) electrons. The van der Waals surface area contributed by atoms with Crippen molar-refractivity contribution in [1.82, 2.24) is 14.5 Å². The van der Waals surface area contributed by atoms with Gasteiger partial charge in [-0.2, -0.15) is 4.98 Å². The number of rotatable bonds is 16. The van der Waals surface area contributed by atoms with E-state index in [-0.39, 0.29) is 18.2 Å². The van der Waals surface area contributed by atoms with E-state index in [0.717, 1.165) is 46.6 Å². The molecule has 0 saturated heterocycles. The van der Waals surface area contributed by atoms with Crippen molar-refractivity contribution in [3.05, 3.63) is 118 Å². The predicted molar refractivity (Wildman–Crippen MR) is 189 cm³/mol. The minimum atomic E-state index is -0.186. The maximum atomic E-state index is 14.1. The Morgan fingerprint density at radius 2 is 1.40 bits per heavy atom. The molecule has 1 atom stereocenters. The number of aliphatic hydroxyl groups excluding tert-OH is 1. The highest BCUT2D eigenvalue weighted by atomic mass is 35.5. The Kier molecular flexibility index (Phi) is 11.7. The third-order valence-corrected chi connectivity index (χ3v) is 8.45. The van der Waals surface area contributed by atoms with Gasteiger partial charge in [0.15, 0.2) is 0 Å². The van der Waals surface area contributed by atoms with Gasteiger partial charge in [-0.3, -0.25) is 4.79 Å². The van der Waals surface area contributed by atoms with Crippen LogP contribution in [0.25, 0.3) is 10.9 Å². The first-order valence-corrected chi connectivity index (χ1v) is 16.4. The largest absolute Gasteiger partial charge is 0.497 e. The van der Waals surface area contributed by atoms with E-state index < -0.39 is 0 Å². The summed E-state index contributed by atoms with van der Waals surface area (Å²) in [6, 6.07) is 25.6. The van der Waals surface area contributed by atoms with Crippen LogP contribution in [0.1, 0.15) is 48.4 Å². The van der Waals surface area contributed by atoms with Crippen molar-refractivity contribution >= 4 is 34.3 Å². The van der Waals surface area contributed by atoms with Crippen LogP contribution in [-0.4, -0.2) is 46.5 Å². The van der Waals surface area contributed by atoms with Crippen molar-refractivity contribution in [2.75, 3.05) is 31.0 Å². The number of hydrogen-bond donors (Lipinski definition) is 2. The van der Waals surface area contributed by atoms with Crippen LogP contribution in [0.3, 0.4) is 0 Å². The second-order valence-corrected chi connectivity index (χ2v) is 11.8. The first-order chi connectivity index (χ1) is 22.9. The van der Waals surface area contributed by atoms with Gasteiger partial charge in [0, 0.05) is 37.8 Å². The number of methoxy groups -OCH3 is 2. The molecule has 246 valence electrons. The summed E-state index contributed by atoms with van der Waals surface area (Å²) in [5.41, 5.74) is 4.48. The fourth-order valence-electron chi connectivity index (χ4n) is 5.56. The normalized spacial score (nSPS) is 11.8. The number of benzene rings is 3. The fraction of sp³-hybridized carbons (Fsp3) is 0.324. The van der Waals surface area contributed by atoms with Crippen molar-refractivity contribution < 1.29 is 14.6 Å². The van der Waals surface area contributed by atoms with Crippen LogP contribution >= 0.6 is 11.6 Å². The minimum absolute atomic E-state index is 0.0249. The summed E-state index contributed by atoms with van der Waals surface area (Å²) in [6.07, 6.45) is 4.05. The van der Waals surface area contributed by atoms with Gasteiger partial charge in [-0.25, -0.2) is 4.98 Å². The minimum Gasteiger partial charge on any atom is -0.497 e. The molecular formula is C37H42ClN5O4. The number of alkyl halides is 1. The van der Waals surface area contributed by atoms with Crippen LogP contribution in [0.5, 0.6) is 11.5 Å². The van der Waals surface area contributed by atoms with Gasteiger partial charge in [0.1, 0.15) is 22.7 Å². The third-order valence-electron chi connectivity index (χ3n) is 8.15. The number of nitrogens with one attached hydrogen (secondary N) is 1. The Labute approximate surface area is 280 Å². The number of aromatic nitrogens is 3. The Morgan fingerprint density at radius 1 is 0.830 bits per heavy atom. The monoisotopic (exact) mass is 655 g/mol. The molecule has 2 aromatic heterocycles. The quantitative estimate of drug-likeness (QED) is 0.112. The molecule has 0 spiro atoms. The molecule has 5 rings (SSSR count). The van der Waals surface area contributed by atoms with E-state index >= 15 is 0 Å². The fourth-order valence-corrected chi connectivity index (χ4v) is 5.73. The molecule has 0 saturated carbocycles. The molecule has 47 heavy (non-hydrogen) atoms. The summed E-state index contributed by atoms with van der Waals surface area (Å²) in [7, 11) is 3.30. The third kappa shape index (κ3) is 8.61. The molecule has 2 heterocycles. The van der Waals surface area contributed by atoms with Crippen LogP contribution in [0.2, 0.25) is 0 Å². The highest BCUT2D eigenvalue weighted by Crippen LogP contribution is 2.26. The summed E-state index contributed by atoms with van der Waals surface area (Å²) < 4.78 is 12.4. The number of aliphatic hydroxyl groups is 1. The van der Waals surface area contributed by atoms with Gasteiger partial charge in [-0.05, 0) is 65.4 Å². The summed E-state index contributed by atoms with van der Waals surface area (Å²) in [5, 5.41) is 13.8. The van der Waals surface area contributed by atoms with Gasteiger partial charge in [0.25, 0.3) is 5.56 Å². The SMILES string of the molecule is CCC[C@@H](CCO)Nc1nc(N(Cc2ccc(OC)cc2)Cc2ccc(OC)cc2)nc2ccn(Cc3ccc(CCl)cc3)c(=O)c12. The van der Waals surface area contributed by atoms with Gasteiger partial charge >= 0.3 is 0 Å². The Morgan fingerprint density at radius 3 is 1.94 bits per heavy atom. The molecule has 0 aliphatic heterocycles. The lowest BCUT2D eigenvalue weighted by molar-refractivity contribution is 0.276. The highest BCUT2D eigenvalue weighted by Gasteiger charge is 2.20. The molecule has 0 aliphatic rings. The Bertz CT molecular complexity index is 1740. The summed E-state index contributed by atoms with van der Waals surface area (Å²) >= 11 is 5.98. The molecule has 3 aromatic carbocycles. The lowest BCUT2D eigenvalue weighted by Crippen LogP contribution is -2.28. The second-order valence-electron chi connectivity index (χ2n) is 11.5. The predicted octanol–water partition coefficient (Wildman–Crippen LogP) is 6.77. The van der Waals surface area contributed by atoms with E-state index in [1.165, 1.54) is 0 Å². The zero-order valence-corrected chi connectivity index (χ0v) is 27.9. The maximum absolute atomic E-state index is 14.1. The smallest absolute Gasteiger partial charge is 0.264 e. The number of anilines is 2. The van der Waals surface area contributed by atoms with Crippen LogP contribution in [0.4, 0.5) is 11.8 Å². The topological polar surface area (TPSA) is 102 Å². The van der Waals surface area contributed by atoms with E-state index in [4.69, 9.17) is 31.0 Å². The van der Waals surface area contributed by atoms with E-state index in [9.17, 15) is 9.90 Å². The van der Waals surface area contributed by atoms with Gasteiger partial charge in [-0.15, -0.1) is 11.6 Å². The number of nitrogens with zero attached hydrogens (tertiary/aromatic N) is 4. The van der Waals surface area contributed by atoms with Crippen molar-refractivity contribution in [1.29, 1.82) is 0 Å². The van der Waals surface area contributed by atoms with Gasteiger partial charge in [-0.1, -0.05) is 61.9 Å². The first kappa shape index (κ1) is 33.8. The van der Waals surface area contributed by atoms with Crippen molar-refractivity contribution in [2.45, 2.75) is 57.7 Å². The number of fused-ring (bicyclic) bond motifs is 1. The van der Waals surface area contributed by atoms with E-state index in [1.54, 1.807) is 25.0 Å².